The number of hydrogen-bond acceptors (Lipinski definition) is 15. The van der Waals surface area contributed by atoms with Crippen molar-refractivity contribution < 1.29 is 80.2 Å². The maximum atomic E-state index is 13.0. The Morgan fingerprint density at radius 1 is 0.307 bits per heavy atom. The molecule has 0 amide bonds. The lowest BCUT2D eigenvalue weighted by Gasteiger charge is -2.21. The Morgan fingerprint density at radius 3 is 0.773 bits per heavy atom. The fourth-order valence-electron chi connectivity index (χ4n) is 10.4. The third-order valence-electron chi connectivity index (χ3n) is 15.9. The summed E-state index contributed by atoms with van der Waals surface area (Å²) in [4.78, 5) is 72.2. The molecule has 2 unspecified atom stereocenters. The van der Waals surface area contributed by atoms with Gasteiger partial charge in [0.05, 0.1) is 26.4 Å². The van der Waals surface area contributed by atoms with Crippen LogP contribution >= 0.6 is 15.6 Å². The van der Waals surface area contributed by atoms with Crippen LogP contribution in [-0.2, 0) is 65.4 Å². The van der Waals surface area contributed by atoms with E-state index in [2.05, 4.69) is 48.5 Å². The predicted octanol–water partition coefficient (Wildman–Crippen LogP) is 19.5. The molecule has 0 fully saturated rings. The molecule has 0 saturated carbocycles. The first-order chi connectivity index (χ1) is 42.2. The Morgan fingerprint density at radius 2 is 0.523 bits per heavy atom. The highest BCUT2D eigenvalue weighted by Gasteiger charge is 2.30. The van der Waals surface area contributed by atoms with Crippen molar-refractivity contribution in [1.29, 1.82) is 0 Å². The van der Waals surface area contributed by atoms with Gasteiger partial charge in [0.1, 0.15) is 19.3 Å². The summed E-state index contributed by atoms with van der Waals surface area (Å²) in [7, 11) is -9.89. The van der Waals surface area contributed by atoms with Crippen LogP contribution in [-0.4, -0.2) is 96.7 Å². The summed E-state index contributed by atoms with van der Waals surface area (Å²) >= 11 is 0. The van der Waals surface area contributed by atoms with Gasteiger partial charge in [-0.1, -0.05) is 292 Å². The average Bonchev–Trinajstić information content (AvgIpc) is 3.58. The molecule has 0 radical (unpaired) electrons. The molecule has 0 aliphatic heterocycles. The zero-order valence-corrected chi connectivity index (χ0v) is 59.0. The maximum Gasteiger partial charge on any atom is 0.472 e. The molecule has 88 heavy (non-hydrogen) atoms. The molecule has 0 rings (SSSR count). The zero-order chi connectivity index (χ0) is 65.2. The quantitative estimate of drug-likeness (QED) is 0.0222. The zero-order valence-electron chi connectivity index (χ0n) is 57.2. The van der Waals surface area contributed by atoms with Crippen molar-refractivity contribution in [3.05, 3.63) is 0 Å². The van der Waals surface area contributed by atoms with Crippen LogP contribution in [0.3, 0.4) is 0 Å². The molecule has 0 heterocycles. The van der Waals surface area contributed by atoms with Crippen molar-refractivity contribution in [3.63, 3.8) is 0 Å². The van der Waals surface area contributed by atoms with Gasteiger partial charge in [0.15, 0.2) is 12.2 Å². The summed E-state index contributed by atoms with van der Waals surface area (Å²) in [6, 6.07) is 0. The van der Waals surface area contributed by atoms with E-state index >= 15 is 0 Å². The predicted molar refractivity (Wildman–Crippen MR) is 354 cm³/mol. The molecule has 19 heteroatoms. The van der Waals surface area contributed by atoms with Crippen LogP contribution in [0, 0.1) is 17.8 Å². The minimum Gasteiger partial charge on any atom is -0.462 e. The number of unbranched alkanes of at least 4 members (excludes halogenated alkanes) is 35. The number of aliphatic hydroxyl groups excluding tert-OH is 1. The molecule has 0 aliphatic rings. The Hall–Kier alpha value is -1.94. The van der Waals surface area contributed by atoms with E-state index in [0.717, 1.165) is 115 Å². The largest absolute Gasteiger partial charge is 0.472 e. The van der Waals surface area contributed by atoms with Gasteiger partial charge in [-0.25, -0.2) is 9.13 Å². The highest BCUT2D eigenvalue weighted by Crippen LogP contribution is 2.45. The van der Waals surface area contributed by atoms with E-state index < -0.39 is 97.5 Å². The van der Waals surface area contributed by atoms with Gasteiger partial charge in [0.25, 0.3) is 0 Å². The summed E-state index contributed by atoms with van der Waals surface area (Å²) < 4.78 is 68.0. The number of phosphoric ester groups is 2. The smallest absolute Gasteiger partial charge is 0.462 e. The minimum absolute atomic E-state index is 0.103. The van der Waals surface area contributed by atoms with Gasteiger partial charge in [0.2, 0.25) is 0 Å². The average molecular weight is 1300 g/mol. The fraction of sp³-hybridized carbons (Fsp3) is 0.942. The number of hydrogen-bond donors (Lipinski definition) is 3. The van der Waals surface area contributed by atoms with Gasteiger partial charge < -0.3 is 33.8 Å². The standard InChI is InChI=1S/C69H134O17P2/c1-8-9-10-11-26-36-43-50-66(71)79-56-64(86-69(74)53-46-39-32-25-29-35-42-49-62(6)7)58-83-87(75,76)81-54-63(70)55-82-88(77,78)84-59-65(57-80-67(72)51-44-37-31-24-28-34-41-48-61(4)5)85-68(73)52-45-38-30-23-21-19-17-15-13-12-14-16-18-20-22-27-33-40-47-60(2)3/h60-65,70H,8-59H2,1-7H3,(H,75,76)(H,77,78)/t63-,64+,65+/m0/s1. The van der Waals surface area contributed by atoms with E-state index in [1.807, 2.05) is 0 Å². The summed E-state index contributed by atoms with van der Waals surface area (Å²) in [6.07, 6.45) is 43.6. The van der Waals surface area contributed by atoms with Crippen LogP contribution in [0.25, 0.3) is 0 Å². The van der Waals surface area contributed by atoms with Crippen LogP contribution in [0.5, 0.6) is 0 Å². The van der Waals surface area contributed by atoms with Gasteiger partial charge in [-0.05, 0) is 43.4 Å². The molecule has 522 valence electrons. The summed E-state index contributed by atoms with van der Waals surface area (Å²) in [6.45, 7) is 11.7. The normalized spacial score (nSPS) is 14.2. The maximum absolute atomic E-state index is 13.0. The number of esters is 4. The van der Waals surface area contributed by atoms with Crippen molar-refractivity contribution in [1.82, 2.24) is 0 Å². The molecule has 0 bridgehead atoms. The van der Waals surface area contributed by atoms with Crippen LogP contribution in [0.4, 0.5) is 0 Å². The van der Waals surface area contributed by atoms with E-state index in [1.165, 1.54) is 135 Å². The third-order valence-corrected chi connectivity index (χ3v) is 17.8. The first-order valence-corrected chi connectivity index (χ1v) is 38.8. The van der Waals surface area contributed by atoms with Crippen molar-refractivity contribution in [2.75, 3.05) is 39.6 Å². The minimum atomic E-state index is -4.95. The van der Waals surface area contributed by atoms with Crippen LogP contribution in [0.15, 0.2) is 0 Å². The van der Waals surface area contributed by atoms with Gasteiger partial charge in [-0.3, -0.25) is 37.3 Å². The third kappa shape index (κ3) is 62.8. The van der Waals surface area contributed by atoms with E-state index in [9.17, 15) is 43.2 Å². The monoisotopic (exact) mass is 1300 g/mol. The number of rotatable bonds is 67. The van der Waals surface area contributed by atoms with Crippen LogP contribution in [0.2, 0.25) is 0 Å². The molecular weight excluding hydrogens is 1160 g/mol. The Bertz CT molecular complexity index is 1730. The SMILES string of the molecule is CCCCCCCCCC(=O)OC[C@H](COP(=O)(O)OC[C@H](O)COP(=O)(O)OC[C@@H](COC(=O)CCCCCCCCCC(C)C)OC(=O)CCCCCCCCCCCCCCCCCCCCC(C)C)OC(=O)CCCCCCCCCC(C)C. The fourth-order valence-corrected chi connectivity index (χ4v) is 11.9. The van der Waals surface area contributed by atoms with Crippen molar-refractivity contribution in [2.24, 2.45) is 17.8 Å². The Labute approximate surface area is 537 Å². The second-order valence-electron chi connectivity index (χ2n) is 26.3. The number of aliphatic hydroxyl groups is 1. The highest BCUT2D eigenvalue weighted by molar-refractivity contribution is 7.47. The van der Waals surface area contributed by atoms with E-state index in [-0.39, 0.29) is 25.7 Å². The second-order valence-corrected chi connectivity index (χ2v) is 29.3. The Kier molecular flexibility index (Phi) is 58.7. The number of phosphoric acid groups is 2. The molecule has 0 aromatic carbocycles. The van der Waals surface area contributed by atoms with Crippen LogP contribution in [0.1, 0.15) is 344 Å². The van der Waals surface area contributed by atoms with E-state index in [4.69, 9.17) is 37.0 Å². The number of carbonyl (C=O) groups is 4. The molecule has 0 spiro atoms. The van der Waals surface area contributed by atoms with E-state index in [0.29, 0.717) is 37.5 Å². The van der Waals surface area contributed by atoms with Gasteiger partial charge in [-0.15, -0.1) is 0 Å². The second kappa shape index (κ2) is 60.0. The van der Waals surface area contributed by atoms with Crippen molar-refractivity contribution >= 4 is 39.5 Å². The van der Waals surface area contributed by atoms with Crippen molar-refractivity contribution in [3.8, 4) is 0 Å². The van der Waals surface area contributed by atoms with E-state index in [1.54, 1.807) is 0 Å². The molecule has 17 nitrogen and oxygen atoms in total. The Balaban J connectivity index is 5.12. The topological polar surface area (TPSA) is 237 Å². The lowest BCUT2D eigenvalue weighted by atomic mass is 10.0. The van der Waals surface area contributed by atoms with Crippen molar-refractivity contribution in [2.45, 2.75) is 362 Å². The molecule has 0 aromatic heterocycles. The summed E-state index contributed by atoms with van der Waals surface area (Å²) in [5.74, 6) is 0.0846. The van der Waals surface area contributed by atoms with Gasteiger partial charge in [0, 0.05) is 25.7 Å². The number of ether oxygens (including phenoxy) is 4. The molecular formula is C69H134O17P2. The highest BCUT2D eigenvalue weighted by atomic mass is 31.2. The summed E-state index contributed by atoms with van der Waals surface area (Å²) in [5.41, 5.74) is 0. The lowest BCUT2D eigenvalue weighted by molar-refractivity contribution is -0.161. The first kappa shape index (κ1) is 86.1. The molecule has 3 N–H and O–H groups in total. The molecule has 0 saturated heterocycles. The first-order valence-electron chi connectivity index (χ1n) is 35.8. The number of carbonyl (C=O) groups excluding carboxylic acids is 4. The molecule has 0 aliphatic carbocycles. The van der Waals surface area contributed by atoms with Crippen LogP contribution < -0.4 is 0 Å². The van der Waals surface area contributed by atoms with Gasteiger partial charge >= 0.3 is 39.5 Å². The lowest BCUT2D eigenvalue weighted by Crippen LogP contribution is -2.30. The summed E-state index contributed by atoms with van der Waals surface area (Å²) in [5, 5.41) is 10.5. The molecule has 5 atom stereocenters. The molecule has 0 aromatic rings. The van der Waals surface area contributed by atoms with Gasteiger partial charge in [-0.2, -0.15) is 0 Å².